The van der Waals surface area contributed by atoms with Gasteiger partial charge >= 0.3 is 0 Å². The molecule has 0 saturated carbocycles. The number of hydrogen-bond acceptors (Lipinski definition) is 6. The molecule has 0 aliphatic carbocycles. The molecule has 2 aromatic rings. The number of nitrogens with zero attached hydrogens (tertiary/aromatic N) is 1. The number of ether oxygens (including phenoxy) is 1. The SMILES string of the molecule is Cc1ccc2cc1CNC(=O)[C@H](CCc1ccccc1)NC(=O)[C@@H](NC(=O)C1(F)CCNCC1)CC(=O)N1CCCC(CCO2)C1. The Bertz CT molecular complexity index is 1380. The molecule has 248 valence electrons. The maximum atomic E-state index is 15.7. The molecule has 3 heterocycles. The van der Waals surface area contributed by atoms with Crippen LogP contribution in [0.1, 0.15) is 61.6 Å². The zero-order chi connectivity index (χ0) is 32.5. The summed E-state index contributed by atoms with van der Waals surface area (Å²) in [6.07, 6.45) is 2.94. The molecule has 2 saturated heterocycles. The van der Waals surface area contributed by atoms with Crippen LogP contribution in [-0.2, 0) is 32.1 Å². The first-order valence-electron chi connectivity index (χ1n) is 16.5. The molecule has 0 aromatic heterocycles. The van der Waals surface area contributed by atoms with Crippen molar-refractivity contribution in [3.8, 4) is 5.75 Å². The van der Waals surface area contributed by atoms with Crippen LogP contribution in [0.25, 0.3) is 0 Å². The fraction of sp³-hybridized carbons (Fsp3) is 0.543. The average Bonchev–Trinajstić information content (AvgIpc) is 3.06. The smallest absolute Gasteiger partial charge is 0.258 e. The van der Waals surface area contributed by atoms with Gasteiger partial charge in [0.2, 0.25) is 17.7 Å². The number of benzene rings is 2. The van der Waals surface area contributed by atoms with Gasteiger partial charge in [0.05, 0.1) is 13.0 Å². The van der Waals surface area contributed by atoms with Crippen molar-refractivity contribution < 1.29 is 28.3 Å². The Balaban J connectivity index is 1.41. The van der Waals surface area contributed by atoms with Gasteiger partial charge in [0.15, 0.2) is 5.67 Å². The largest absolute Gasteiger partial charge is 0.494 e. The van der Waals surface area contributed by atoms with E-state index >= 15 is 4.39 Å². The van der Waals surface area contributed by atoms with Crippen molar-refractivity contribution in [3.05, 3.63) is 65.2 Å². The number of halogens is 1. The highest BCUT2D eigenvalue weighted by molar-refractivity contribution is 5.96. The van der Waals surface area contributed by atoms with Gasteiger partial charge in [0.25, 0.3) is 5.91 Å². The van der Waals surface area contributed by atoms with E-state index in [1.807, 2.05) is 55.5 Å². The van der Waals surface area contributed by atoms with Crippen LogP contribution in [-0.4, -0.2) is 79.1 Å². The molecular formula is C35H46FN5O5. The van der Waals surface area contributed by atoms with E-state index in [2.05, 4.69) is 21.3 Å². The number of amides is 4. The van der Waals surface area contributed by atoms with Gasteiger partial charge in [-0.25, -0.2) is 4.39 Å². The highest BCUT2D eigenvalue weighted by Crippen LogP contribution is 2.25. The molecule has 0 radical (unpaired) electrons. The number of carbonyl (C=O) groups excluding carboxylic acids is 4. The Hall–Kier alpha value is -3.99. The zero-order valence-corrected chi connectivity index (χ0v) is 26.6. The van der Waals surface area contributed by atoms with Crippen molar-refractivity contribution >= 4 is 23.6 Å². The van der Waals surface area contributed by atoms with Gasteiger partial charge in [-0.05, 0) is 86.9 Å². The first-order chi connectivity index (χ1) is 22.2. The fourth-order valence-electron chi connectivity index (χ4n) is 6.45. The number of carbonyl (C=O) groups is 4. The molecule has 3 atom stereocenters. The maximum Gasteiger partial charge on any atom is 0.258 e. The third-order valence-corrected chi connectivity index (χ3v) is 9.44. The molecule has 3 aliphatic heterocycles. The minimum atomic E-state index is -2.15. The molecular weight excluding hydrogens is 589 g/mol. The minimum Gasteiger partial charge on any atom is -0.494 e. The van der Waals surface area contributed by atoms with Crippen LogP contribution in [0.3, 0.4) is 0 Å². The summed E-state index contributed by atoms with van der Waals surface area (Å²) in [5.74, 6) is -1.34. The molecule has 2 aromatic carbocycles. The molecule has 3 aliphatic rings. The number of piperidine rings is 2. The second kappa shape index (κ2) is 15.5. The third-order valence-electron chi connectivity index (χ3n) is 9.44. The van der Waals surface area contributed by atoms with Crippen LogP contribution >= 0.6 is 0 Å². The maximum absolute atomic E-state index is 15.7. The molecule has 0 spiro atoms. The Morgan fingerprint density at radius 2 is 1.85 bits per heavy atom. The zero-order valence-electron chi connectivity index (χ0n) is 26.6. The Kier molecular flexibility index (Phi) is 11.3. The summed E-state index contributed by atoms with van der Waals surface area (Å²) in [6, 6.07) is 13.1. The number of fused-ring (bicyclic) bond motifs is 4. The Labute approximate surface area is 270 Å². The summed E-state index contributed by atoms with van der Waals surface area (Å²) in [6.45, 7) is 4.41. The lowest BCUT2D eigenvalue weighted by Gasteiger charge is -2.34. The van der Waals surface area contributed by atoms with Crippen molar-refractivity contribution in [2.24, 2.45) is 5.92 Å². The number of alkyl halides is 1. The second-order valence-electron chi connectivity index (χ2n) is 12.8. The van der Waals surface area contributed by atoms with Gasteiger partial charge in [0.1, 0.15) is 17.8 Å². The lowest BCUT2D eigenvalue weighted by Crippen LogP contribution is -2.59. The van der Waals surface area contributed by atoms with Crippen molar-refractivity contribution in [3.63, 3.8) is 0 Å². The lowest BCUT2D eigenvalue weighted by atomic mass is 9.92. The van der Waals surface area contributed by atoms with Gasteiger partial charge in [-0.3, -0.25) is 19.2 Å². The van der Waals surface area contributed by atoms with Gasteiger partial charge in [-0.1, -0.05) is 36.4 Å². The molecule has 1 unspecified atom stereocenters. The predicted molar refractivity (Wildman–Crippen MR) is 172 cm³/mol. The van der Waals surface area contributed by atoms with Crippen LogP contribution in [0.15, 0.2) is 48.5 Å². The third kappa shape index (κ3) is 8.84. The highest BCUT2D eigenvalue weighted by atomic mass is 19.1. The summed E-state index contributed by atoms with van der Waals surface area (Å²) in [5.41, 5.74) is 0.742. The van der Waals surface area contributed by atoms with Crippen LogP contribution in [0, 0.1) is 12.8 Å². The average molecular weight is 636 g/mol. The van der Waals surface area contributed by atoms with Gasteiger partial charge in [-0.2, -0.15) is 0 Å². The summed E-state index contributed by atoms with van der Waals surface area (Å²) in [4.78, 5) is 56.1. The lowest BCUT2D eigenvalue weighted by molar-refractivity contribution is -0.141. The summed E-state index contributed by atoms with van der Waals surface area (Å²) in [5, 5.41) is 11.4. The molecule has 10 nitrogen and oxygen atoms in total. The standard InChI is InChI=1S/C35H46FN5O5/c1-24-9-11-28-20-27(24)22-38-32(43)29(12-10-25-6-3-2-4-7-25)39-33(44)30(40-34(45)35(36)14-16-37-17-15-35)21-31(42)41-18-5-8-26(23-41)13-19-46-28/h2-4,6-7,9,11,20,26,29-30,37H,5,8,10,12-19,21-23H2,1H3,(H,38,43)(H,39,44)(H,40,45)/t26?,29-,30-/m0/s1. The van der Waals surface area contributed by atoms with Crippen LogP contribution in [0.4, 0.5) is 4.39 Å². The van der Waals surface area contributed by atoms with E-state index in [0.717, 1.165) is 36.0 Å². The van der Waals surface area contributed by atoms with Crippen LogP contribution < -0.4 is 26.0 Å². The molecule has 4 bridgehead atoms. The number of rotatable bonds is 5. The Morgan fingerprint density at radius 1 is 1.07 bits per heavy atom. The van der Waals surface area contributed by atoms with Gasteiger partial charge < -0.3 is 30.9 Å². The van der Waals surface area contributed by atoms with E-state index in [0.29, 0.717) is 45.0 Å². The van der Waals surface area contributed by atoms with Crippen LogP contribution in [0.2, 0.25) is 0 Å². The normalized spacial score (nSPS) is 24.4. The minimum absolute atomic E-state index is 0.0281. The van der Waals surface area contributed by atoms with Crippen LogP contribution in [0.5, 0.6) is 5.75 Å². The van der Waals surface area contributed by atoms with Crippen molar-refractivity contribution in [1.29, 1.82) is 0 Å². The van der Waals surface area contributed by atoms with E-state index in [1.165, 1.54) is 0 Å². The summed E-state index contributed by atoms with van der Waals surface area (Å²) in [7, 11) is 0. The molecule has 5 rings (SSSR count). The second-order valence-corrected chi connectivity index (χ2v) is 12.8. The quantitative estimate of drug-likeness (QED) is 0.400. The Morgan fingerprint density at radius 3 is 2.63 bits per heavy atom. The predicted octanol–water partition coefficient (Wildman–Crippen LogP) is 2.72. The first kappa shape index (κ1) is 33.4. The number of nitrogens with one attached hydrogen (secondary N) is 4. The molecule has 4 amide bonds. The summed E-state index contributed by atoms with van der Waals surface area (Å²) >= 11 is 0. The monoisotopic (exact) mass is 635 g/mol. The van der Waals surface area contributed by atoms with E-state index in [4.69, 9.17) is 4.74 Å². The van der Waals surface area contributed by atoms with Gasteiger partial charge in [-0.15, -0.1) is 0 Å². The van der Waals surface area contributed by atoms with Crippen molar-refractivity contribution in [1.82, 2.24) is 26.2 Å². The number of aryl methyl sites for hydroxylation is 2. The molecule has 46 heavy (non-hydrogen) atoms. The van der Waals surface area contributed by atoms with Gasteiger partial charge in [0, 0.05) is 32.5 Å². The number of hydrogen-bond donors (Lipinski definition) is 4. The topological polar surface area (TPSA) is 129 Å². The van der Waals surface area contributed by atoms with E-state index in [9.17, 15) is 19.2 Å². The van der Waals surface area contributed by atoms with E-state index in [-0.39, 0.29) is 44.1 Å². The van der Waals surface area contributed by atoms with E-state index < -0.39 is 35.5 Å². The van der Waals surface area contributed by atoms with Crippen molar-refractivity contribution in [2.45, 2.75) is 82.6 Å². The fourth-order valence-corrected chi connectivity index (χ4v) is 6.45. The molecule has 2 fully saturated rings. The molecule has 4 N–H and O–H groups in total. The first-order valence-corrected chi connectivity index (χ1v) is 16.5. The molecule has 11 heteroatoms. The van der Waals surface area contributed by atoms with Crippen molar-refractivity contribution in [2.75, 3.05) is 32.8 Å². The summed E-state index contributed by atoms with van der Waals surface area (Å²) < 4.78 is 21.7. The van der Waals surface area contributed by atoms with E-state index in [1.54, 1.807) is 4.90 Å². The highest BCUT2D eigenvalue weighted by Gasteiger charge is 2.42.